The molecule has 6 rings (SSSR count). The van der Waals surface area contributed by atoms with Gasteiger partial charge < -0.3 is 19.0 Å². The minimum Gasteiger partial charge on any atom is -0.433 e. The average molecular weight is 535 g/mol. The van der Waals surface area contributed by atoms with Crippen LogP contribution in [0.5, 0.6) is 5.75 Å². The summed E-state index contributed by atoms with van der Waals surface area (Å²) in [6.45, 7) is -2.90. The number of hydrogen-bond donors (Lipinski definition) is 1. The zero-order chi connectivity index (χ0) is 26.6. The van der Waals surface area contributed by atoms with Gasteiger partial charge in [-0.05, 0) is 24.3 Å². The van der Waals surface area contributed by atoms with Crippen molar-refractivity contribution in [3.05, 3.63) is 66.0 Å². The van der Waals surface area contributed by atoms with Crippen molar-refractivity contribution in [3.8, 4) is 17.3 Å². The van der Waals surface area contributed by atoms with Crippen molar-refractivity contribution < 1.29 is 35.9 Å². The maximum absolute atomic E-state index is 13.5. The topological polar surface area (TPSA) is 132 Å². The standard InChI is InChI=1S/C21H14F5N9O3/c22-20(23)37-14-2-1-5-34-13(14)8-12(31-34)16-15-10(27-9-28-15)3-6-33(16)19(36)18-30-29-17(38-18)11-4-7-35(32-11)21(24,25)26/h1-2,4-5,7-9,16,20H,3,6H2,(H,27,28)/t16-/m1/s1. The molecule has 1 amide bonds. The van der Waals surface area contributed by atoms with Gasteiger partial charge in [0.2, 0.25) is 0 Å². The van der Waals surface area contributed by atoms with Crippen LogP contribution >= 0.6 is 0 Å². The third kappa shape index (κ3) is 4.00. The number of halogens is 5. The molecule has 0 saturated carbocycles. The molecule has 0 fully saturated rings. The molecule has 5 aromatic heterocycles. The number of nitrogens with zero attached hydrogens (tertiary/aromatic N) is 8. The van der Waals surface area contributed by atoms with Gasteiger partial charge in [-0.25, -0.2) is 9.50 Å². The summed E-state index contributed by atoms with van der Waals surface area (Å²) in [5.41, 5.74) is 1.46. The highest BCUT2D eigenvalue weighted by molar-refractivity contribution is 5.90. The maximum atomic E-state index is 13.5. The van der Waals surface area contributed by atoms with Crippen molar-refractivity contribution in [3.63, 3.8) is 0 Å². The Kier molecular flexibility index (Phi) is 5.35. The summed E-state index contributed by atoms with van der Waals surface area (Å²) in [6.07, 6.45) is -0.693. The number of aromatic amines is 1. The second kappa shape index (κ2) is 8.63. The van der Waals surface area contributed by atoms with E-state index in [1.54, 1.807) is 0 Å². The molecular formula is C21H14F5N9O3. The number of pyridine rings is 1. The molecule has 0 saturated heterocycles. The molecular weight excluding hydrogens is 521 g/mol. The monoisotopic (exact) mass is 535 g/mol. The highest BCUT2D eigenvalue weighted by Gasteiger charge is 2.39. The van der Waals surface area contributed by atoms with Crippen LogP contribution in [-0.4, -0.2) is 63.5 Å². The Labute approximate surface area is 207 Å². The van der Waals surface area contributed by atoms with Crippen LogP contribution in [0.1, 0.15) is 33.8 Å². The van der Waals surface area contributed by atoms with Crippen molar-refractivity contribution in [1.82, 2.24) is 44.5 Å². The number of nitrogens with one attached hydrogen (secondary N) is 1. The minimum absolute atomic E-state index is 0.114. The zero-order valence-electron chi connectivity index (χ0n) is 18.8. The molecule has 38 heavy (non-hydrogen) atoms. The van der Waals surface area contributed by atoms with E-state index in [1.165, 1.54) is 40.1 Å². The molecule has 0 aromatic carbocycles. The number of imidazole rings is 1. The molecule has 12 nitrogen and oxygen atoms in total. The van der Waals surface area contributed by atoms with E-state index < -0.39 is 30.8 Å². The Morgan fingerprint density at radius 1 is 1.18 bits per heavy atom. The van der Waals surface area contributed by atoms with Crippen LogP contribution in [-0.2, 0) is 12.7 Å². The van der Waals surface area contributed by atoms with Gasteiger partial charge in [0, 0.05) is 31.1 Å². The van der Waals surface area contributed by atoms with Crippen LogP contribution < -0.4 is 4.74 Å². The predicted molar refractivity (Wildman–Crippen MR) is 114 cm³/mol. The number of hydrogen-bond acceptors (Lipinski definition) is 8. The Morgan fingerprint density at radius 3 is 2.79 bits per heavy atom. The molecule has 1 N–H and O–H groups in total. The third-order valence-corrected chi connectivity index (χ3v) is 5.84. The second-order valence-corrected chi connectivity index (χ2v) is 8.09. The number of rotatable bonds is 5. The summed E-state index contributed by atoms with van der Waals surface area (Å²) in [5.74, 6) is -1.72. The van der Waals surface area contributed by atoms with Crippen molar-refractivity contribution in [2.24, 2.45) is 0 Å². The lowest BCUT2D eigenvalue weighted by Crippen LogP contribution is -2.41. The fraction of sp³-hybridized carbons (Fsp3) is 0.238. The molecule has 5 aromatic rings. The van der Waals surface area contributed by atoms with Gasteiger partial charge in [-0.3, -0.25) is 4.79 Å². The largest absolute Gasteiger partial charge is 0.504 e. The first-order valence-corrected chi connectivity index (χ1v) is 10.9. The minimum atomic E-state index is -4.74. The Morgan fingerprint density at radius 2 is 2.03 bits per heavy atom. The lowest BCUT2D eigenvalue weighted by Gasteiger charge is -2.32. The lowest BCUT2D eigenvalue weighted by molar-refractivity contribution is -0.212. The van der Waals surface area contributed by atoms with E-state index in [0.29, 0.717) is 24.0 Å². The molecule has 17 heteroatoms. The Hall–Kier alpha value is -4.83. The number of alkyl halides is 5. The highest BCUT2D eigenvalue weighted by Crippen LogP contribution is 2.36. The maximum Gasteiger partial charge on any atom is 0.504 e. The summed E-state index contributed by atoms with van der Waals surface area (Å²) < 4.78 is 75.5. The van der Waals surface area contributed by atoms with E-state index in [2.05, 4.69) is 35.1 Å². The first-order valence-electron chi connectivity index (χ1n) is 10.9. The van der Waals surface area contributed by atoms with E-state index >= 15 is 0 Å². The summed E-state index contributed by atoms with van der Waals surface area (Å²) in [6, 6.07) is 4.47. The van der Waals surface area contributed by atoms with Gasteiger partial charge in [0.1, 0.15) is 17.3 Å². The van der Waals surface area contributed by atoms with Crippen LogP contribution in [0.4, 0.5) is 22.0 Å². The summed E-state index contributed by atoms with van der Waals surface area (Å²) in [4.78, 5) is 22.2. The molecule has 0 unspecified atom stereocenters. The predicted octanol–water partition coefficient (Wildman–Crippen LogP) is 3.17. The molecule has 6 heterocycles. The Balaban J connectivity index is 1.36. The second-order valence-electron chi connectivity index (χ2n) is 8.09. The van der Waals surface area contributed by atoms with E-state index in [4.69, 9.17) is 4.42 Å². The van der Waals surface area contributed by atoms with E-state index in [9.17, 15) is 26.7 Å². The van der Waals surface area contributed by atoms with Crippen LogP contribution in [0.15, 0.2) is 47.4 Å². The number of carbonyl (C=O) groups is 1. The number of aromatic nitrogens is 8. The average Bonchev–Trinajstić information content (AvgIpc) is 3.66. The molecule has 0 bridgehead atoms. The van der Waals surface area contributed by atoms with Crippen LogP contribution in [0.25, 0.3) is 17.1 Å². The van der Waals surface area contributed by atoms with Gasteiger partial charge in [-0.1, -0.05) is 0 Å². The molecule has 1 aliphatic heterocycles. The van der Waals surface area contributed by atoms with Gasteiger partial charge in [0.25, 0.3) is 5.89 Å². The molecule has 0 spiro atoms. The number of amides is 1. The lowest BCUT2D eigenvalue weighted by atomic mass is 9.99. The molecule has 196 valence electrons. The summed E-state index contributed by atoms with van der Waals surface area (Å²) >= 11 is 0. The first-order chi connectivity index (χ1) is 18.2. The van der Waals surface area contributed by atoms with E-state index in [1.807, 2.05) is 0 Å². The molecule has 0 radical (unpaired) electrons. The summed E-state index contributed by atoms with van der Waals surface area (Å²) in [7, 11) is 0. The number of fused-ring (bicyclic) bond motifs is 2. The molecule has 0 aliphatic carbocycles. The highest BCUT2D eigenvalue weighted by atomic mass is 19.4. The summed E-state index contributed by atoms with van der Waals surface area (Å²) in [5, 5.41) is 15.2. The van der Waals surface area contributed by atoms with Crippen LogP contribution in [0.2, 0.25) is 0 Å². The number of carbonyl (C=O) groups excluding carboxylic acids is 1. The van der Waals surface area contributed by atoms with E-state index in [0.717, 1.165) is 11.8 Å². The van der Waals surface area contributed by atoms with Gasteiger partial charge in [-0.2, -0.15) is 23.7 Å². The Bertz CT molecular complexity index is 1640. The zero-order valence-corrected chi connectivity index (χ0v) is 18.8. The quantitative estimate of drug-likeness (QED) is 0.340. The number of ether oxygens (including phenoxy) is 1. The van der Waals surface area contributed by atoms with E-state index in [-0.39, 0.29) is 34.1 Å². The van der Waals surface area contributed by atoms with Crippen molar-refractivity contribution in [2.75, 3.05) is 6.54 Å². The van der Waals surface area contributed by atoms with Crippen molar-refractivity contribution in [1.29, 1.82) is 0 Å². The molecule has 1 aliphatic rings. The van der Waals surface area contributed by atoms with Gasteiger partial charge in [-0.15, -0.1) is 23.4 Å². The van der Waals surface area contributed by atoms with Crippen LogP contribution in [0.3, 0.4) is 0 Å². The first kappa shape index (κ1) is 23.6. The fourth-order valence-electron chi connectivity index (χ4n) is 4.25. The van der Waals surface area contributed by atoms with Gasteiger partial charge >= 0.3 is 24.7 Å². The SMILES string of the molecule is O=C(c1nnc(-c2ccn(C(F)(F)F)n2)o1)N1CCc2[nH]cnc2[C@H]1c1cc2c(OC(F)F)cccn2n1. The smallest absolute Gasteiger partial charge is 0.433 e. The normalized spacial score (nSPS) is 15.8. The van der Waals surface area contributed by atoms with Crippen molar-refractivity contribution >= 4 is 11.4 Å². The fourth-order valence-corrected chi connectivity index (χ4v) is 4.25. The van der Waals surface area contributed by atoms with Crippen molar-refractivity contribution in [2.45, 2.75) is 25.4 Å². The molecule has 1 atom stereocenters. The van der Waals surface area contributed by atoms with Gasteiger partial charge in [0.15, 0.2) is 5.75 Å². The number of H-pyrrole nitrogens is 1. The third-order valence-electron chi connectivity index (χ3n) is 5.84. The van der Waals surface area contributed by atoms with Crippen LogP contribution in [0, 0.1) is 0 Å². The van der Waals surface area contributed by atoms with Gasteiger partial charge in [0.05, 0.1) is 17.7 Å².